The first-order chi connectivity index (χ1) is 12.4. The van der Waals surface area contributed by atoms with Gasteiger partial charge in [0.2, 0.25) is 10.0 Å². The normalized spacial score (nSPS) is 16.0. The average molecular weight is 395 g/mol. The van der Waals surface area contributed by atoms with Gasteiger partial charge in [0.15, 0.2) is 0 Å². The summed E-state index contributed by atoms with van der Waals surface area (Å²) >= 11 is 1.12. The fourth-order valence-corrected chi connectivity index (χ4v) is 4.68. The zero-order valence-corrected chi connectivity index (χ0v) is 16.4. The van der Waals surface area contributed by atoms with Crippen LogP contribution in [0.4, 0.5) is 0 Å². The molecule has 1 aliphatic rings. The van der Waals surface area contributed by atoms with Gasteiger partial charge >= 0.3 is 0 Å². The number of amides is 1. The molecule has 1 aromatic carbocycles. The Morgan fingerprint density at radius 3 is 2.46 bits per heavy atom. The van der Waals surface area contributed by atoms with E-state index in [9.17, 15) is 13.2 Å². The third-order valence-corrected chi connectivity index (χ3v) is 6.90. The molecule has 0 spiro atoms. The highest BCUT2D eigenvalue weighted by atomic mass is 32.2. The van der Waals surface area contributed by atoms with Crippen LogP contribution in [0.25, 0.3) is 0 Å². The number of aryl methyl sites for hydroxylation is 2. The van der Waals surface area contributed by atoms with E-state index in [4.69, 9.17) is 0 Å². The first-order valence-electron chi connectivity index (χ1n) is 8.51. The van der Waals surface area contributed by atoms with E-state index >= 15 is 0 Å². The number of hydrogen-bond donors (Lipinski definition) is 1. The second-order valence-electron chi connectivity index (χ2n) is 6.59. The van der Waals surface area contributed by atoms with Gasteiger partial charge in [0.05, 0.1) is 10.6 Å². The lowest BCUT2D eigenvalue weighted by atomic mass is 9.97. The third kappa shape index (κ3) is 4.28. The standard InChI is InChI=1S/C17H22N4O3S2/c1-12-3-5-15(6-4-12)26(23,24)18-11-14-7-9-21(10-8-14)17(22)16-13(2)19-20-25-16/h3-6,14,18H,7-11H2,1-2H3. The molecule has 140 valence electrons. The lowest BCUT2D eigenvalue weighted by molar-refractivity contribution is 0.0696. The van der Waals surface area contributed by atoms with Gasteiger partial charge < -0.3 is 4.90 Å². The summed E-state index contributed by atoms with van der Waals surface area (Å²) in [6.45, 7) is 5.33. The third-order valence-electron chi connectivity index (χ3n) is 4.64. The topological polar surface area (TPSA) is 92.3 Å². The molecule has 1 amide bonds. The van der Waals surface area contributed by atoms with Crippen molar-refractivity contribution in [2.24, 2.45) is 5.92 Å². The maximum absolute atomic E-state index is 12.5. The summed E-state index contributed by atoms with van der Waals surface area (Å²) in [6, 6.07) is 6.80. The van der Waals surface area contributed by atoms with E-state index in [0.717, 1.165) is 29.9 Å². The molecule has 1 N–H and O–H groups in total. The van der Waals surface area contributed by atoms with Gasteiger partial charge in [-0.05, 0) is 56.3 Å². The van der Waals surface area contributed by atoms with Crippen molar-refractivity contribution >= 4 is 27.5 Å². The molecule has 0 unspecified atom stereocenters. The summed E-state index contributed by atoms with van der Waals surface area (Å²) in [5.41, 5.74) is 1.68. The maximum atomic E-state index is 12.5. The molecule has 2 aromatic rings. The molecule has 1 fully saturated rings. The molecule has 7 nitrogen and oxygen atoms in total. The zero-order chi connectivity index (χ0) is 18.7. The Labute approximate surface area is 157 Å². The fourth-order valence-electron chi connectivity index (χ4n) is 2.94. The fraction of sp³-hybridized carbons (Fsp3) is 0.471. The van der Waals surface area contributed by atoms with Crippen molar-refractivity contribution in [1.82, 2.24) is 19.2 Å². The number of aromatic nitrogens is 2. The first-order valence-corrected chi connectivity index (χ1v) is 10.8. The van der Waals surface area contributed by atoms with Crippen molar-refractivity contribution < 1.29 is 13.2 Å². The van der Waals surface area contributed by atoms with Crippen LogP contribution in [-0.2, 0) is 10.0 Å². The van der Waals surface area contributed by atoms with Gasteiger partial charge in [0, 0.05) is 19.6 Å². The van der Waals surface area contributed by atoms with Crippen LogP contribution in [0.3, 0.4) is 0 Å². The zero-order valence-electron chi connectivity index (χ0n) is 14.8. The van der Waals surface area contributed by atoms with Gasteiger partial charge in [-0.1, -0.05) is 22.2 Å². The van der Waals surface area contributed by atoms with Crippen LogP contribution in [0.1, 0.15) is 33.8 Å². The molecule has 2 heterocycles. The molecule has 1 aromatic heterocycles. The van der Waals surface area contributed by atoms with Crippen molar-refractivity contribution in [2.75, 3.05) is 19.6 Å². The van der Waals surface area contributed by atoms with E-state index in [1.165, 1.54) is 0 Å². The predicted octanol–water partition coefficient (Wildman–Crippen LogP) is 1.99. The van der Waals surface area contributed by atoms with E-state index in [-0.39, 0.29) is 16.7 Å². The van der Waals surface area contributed by atoms with Gasteiger partial charge in [0.1, 0.15) is 4.88 Å². The minimum Gasteiger partial charge on any atom is -0.338 e. The second kappa shape index (κ2) is 7.81. The number of likely N-dealkylation sites (tertiary alicyclic amines) is 1. The minimum atomic E-state index is -3.49. The average Bonchev–Trinajstić information content (AvgIpc) is 3.06. The summed E-state index contributed by atoms with van der Waals surface area (Å²) < 4.78 is 31.2. The SMILES string of the molecule is Cc1ccc(S(=O)(=O)NCC2CCN(C(=O)c3snnc3C)CC2)cc1. The van der Waals surface area contributed by atoms with Crippen molar-refractivity contribution in [3.05, 3.63) is 40.4 Å². The Kier molecular flexibility index (Phi) is 5.69. The molecule has 0 radical (unpaired) electrons. The number of rotatable bonds is 5. The molecular formula is C17H22N4O3S2. The second-order valence-corrected chi connectivity index (χ2v) is 9.11. The Balaban J connectivity index is 1.52. The van der Waals surface area contributed by atoms with Gasteiger partial charge in [0.25, 0.3) is 5.91 Å². The van der Waals surface area contributed by atoms with Gasteiger partial charge in [-0.25, -0.2) is 13.1 Å². The van der Waals surface area contributed by atoms with Crippen LogP contribution >= 0.6 is 11.5 Å². The van der Waals surface area contributed by atoms with Crippen LogP contribution in [-0.4, -0.2) is 48.4 Å². The van der Waals surface area contributed by atoms with Crippen LogP contribution in [0.15, 0.2) is 29.2 Å². The van der Waals surface area contributed by atoms with E-state index in [0.29, 0.717) is 30.2 Å². The van der Waals surface area contributed by atoms with E-state index in [1.54, 1.807) is 36.1 Å². The molecule has 0 bridgehead atoms. The molecule has 26 heavy (non-hydrogen) atoms. The highest BCUT2D eigenvalue weighted by Gasteiger charge is 2.27. The number of hydrogen-bond acceptors (Lipinski definition) is 6. The quantitative estimate of drug-likeness (QED) is 0.837. The summed E-state index contributed by atoms with van der Waals surface area (Å²) in [4.78, 5) is 15.1. The molecular weight excluding hydrogens is 372 g/mol. The highest BCUT2D eigenvalue weighted by molar-refractivity contribution is 7.89. The van der Waals surface area contributed by atoms with E-state index in [1.807, 2.05) is 6.92 Å². The number of sulfonamides is 1. The van der Waals surface area contributed by atoms with E-state index in [2.05, 4.69) is 14.3 Å². The number of carbonyl (C=O) groups is 1. The summed E-state index contributed by atoms with van der Waals surface area (Å²) in [7, 11) is -3.49. The molecule has 0 saturated carbocycles. The lowest BCUT2D eigenvalue weighted by Crippen LogP contribution is -2.41. The van der Waals surface area contributed by atoms with E-state index < -0.39 is 10.0 Å². The Bertz CT molecular complexity index is 870. The number of benzene rings is 1. The lowest BCUT2D eigenvalue weighted by Gasteiger charge is -2.31. The first kappa shape index (κ1) is 18.9. The smallest absolute Gasteiger partial charge is 0.267 e. The summed E-state index contributed by atoms with van der Waals surface area (Å²) in [5, 5.41) is 3.88. The van der Waals surface area contributed by atoms with Crippen molar-refractivity contribution in [2.45, 2.75) is 31.6 Å². The largest absolute Gasteiger partial charge is 0.338 e. The Morgan fingerprint density at radius 2 is 1.88 bits per heavy atom. The van der Waals surface area contributed by atoms with Gasteiger partial charge in [-0.2, -0.15) is 0 Å². The molecule has 0 aliphatic carbocycles. The van der Waals surface area contributed by atoms with Crippen LogP contribution in [0.5, 0.6) is 0 Å². The summed E-state index contributed by atoms with van der Waals surface area (Å²) in [6.07, 6.45) is 1.54. The number of carbonyl (C=O) groups excluding carboxylic acids is 1. The Morgan fingerprint density at radius 1 is 1.23 bits per heavy atom. The van der Waals surface area contributed by atoms with Crippen LogP contribution in [0.2, 0.25) is 0 Å². The number of piperidine rings is 1. The minimum absolute atomic E-state index is 0.0313. The number of nitrogens with zero attached hydrogens (tertiary/aromatic N) is 3. The monoisotopic (exact) mass is 394 g/mol. The van der Waals surface area contributed by atoms with Gasteiger partial charge in [-0.15, -0.1) is 5.10 Å². The summed E-state index contributed by atoms with van der Waals surface area (Å²) in [5.74, 6) is 0.191. The van der Waals surface area contributed by atoms with Crippen LogP contribution in [0, 0.1) is 19.8 Å². The highest BCUT2D eigenvalue weighted by Crippen LogP contribution is 2.21. The van der Waals surface area contributed by atoms with Crippen molar-refractivity contribution in [1.29, 1.82) is 0 Å². The maximum Gasteiger partial charge on any atom is 0.267 e. The van der Waals surface area contributed by atoms with Crippen molar-refractivity contribution in [3.63, 3.8) is 0 Å². The van der Waals surface area contributed by atoms with Crippen molar-refractivity contribution in [3.8, 4) is 0 Å². The molecule has 1 aliphatic heterocycles. The molecule has 9 heteroatoms. The molecule has 3 rings (SSSR count). The van der Waals surface area contributed by atoms with Gasteiger partial charge in [-0.3, -0.25) is 4.79 Å². The molecule has 0 atom stereocenters. The molecule has 1 saturated heterocycles. The van der Waals surface area contributed by atoms with Crippen LogP contribution < -0.4 is 4.72 Å². The number of nitrogens with one attached hydrogen (secondary N) is 1. The Hall–Kier alpha value is -1.84. The predicted molar refractivity (Wildman–Crippen MR) is 99.6 cm³/mol.